The van der Waals surface area contributed by atoms with Crippen LogP contribution in [0.4, 0.5) is 0 Å². The van der Waals surface area contributed by atoms with Crippen molar-refractivity contribution in [2.24, 2.45) is 0 Å². The van der Waals surface area contributed by atoms with Crippen LogP contribution in [0.5, 0.6) is 5.75 Å². The van der Waals surface area contributed by atoms with Crippen molar-refractivity contribution in [2.45, 2.75) is 12.5 Å². The summed E-state index contributed by atoms with van der Waals surface area (Å²) in [5.41, 5.74) is 1.19. The fourth-order valence-electron chi connectivity index (χ4n) is 2.16. The Hall–Kier alpha value is -0.770. The summed E-state index contributed by atoms with van der Waals surface area (Å²) in [6.45, 7) is 3.20. The maximum atomic E-state index is 6.26. The van der Waals surface area contributed by atoms with E-state index in [1.165, 1.54) is 5.56 Å². The van der Waals surface area contributed by atoms with Gasteiger partial charge in [0.1, 0.15) is 5.75 Å². The number of benzene rings is 1. The summed E-state index contributed by atoms with van der Waals surface area (Å²) in [6, 6.07) is 6.43. The van der Waals surface area contributed by atoms with Gasteiger partial charge in [-0.05, 0) is 31.2 Å². The lowest BCUT2D eigenvalue weighted by molar-refractivity contribution is 0.199. The third-order valence-electron chi connectivity index (χ3n) is 3.36. The molecule has 1 aliphatic rings. The molecule has 1 unspecified atom stereocenters. The van der Waals surface area contributed by atoms with Crippen molar-refractivity contribution < 1.29 is 4.74 Å². The average Bonchev–Trinajstić information content (AvgIpc) is 2.34. The molecule has 0 bridgehead atoms. The largest absolute Gasteiger partial charge is 0.497 e. The molecule has 0 spiro atoms. The van der Waals surface area contributed by atoms with Gasteiger partial charge in [0.2, 0.25) is 0 Å². The minimum Gasteiger partial charge on any atom is -0.497 e. The van der Waals surface area contributed by atoms with E-state index in [2.05, 4.69) is 23.3 Å². The van der Waals surface area contributed by atoms with Crippen LogP contribution in [0.15, 0.2) is 18.2 Å². The van der Waals surface area contributed by atoms with Gasteiger partial charge < -0.3 is 15.0 Å². The number of halogens is 1. The summed E-state index contributed by atoms with van der Waals surface area (Å²) in [7, 11) is 3.83. The number of nitrogens with one attached hydrogen (secondary N) is 1. The van der Waals surface area contributed by atoms with Gasteiger partial charge in [-0.3, -0.25) is 0 Å². The molecule has 1 N–H and O–H groups in total. The molecule has 0 radical (unpaired) electrons. The molecule has 1 aliphatic heterocycles. The van der Waals surface area contributed by atoms with E-state index in [9.17, 15) is 0 Å². The highest BCUT2D eigenvalue weighted by Crippen LogP contribution is 2.24. The molecule has 1 atom stereocenters. The van der Waals surface area contributed by atoms with Crippen LogP contribution >= 0.6 is 11.6 Å². The molecule has 0 saturated carbocycles. The molecular formula is C13H19ClN2O. The van der Waals surface area contributed by atoms with E-state index in [4.69, 9.17) is 16.3 Å². The van der Waals surface area contributed by atoms with Gasteiger partial charge in [0.25, 0.3) is 0 Å². The van der Waals surface area contributed by atoms with Gasteiger partial charge in [0.05, 0.1) is 7.11 Å². The molecule has 0 aromatic heterocycles. The molecule has 94 valence electrons. The molecule has 0 aliphatic carbocycles. The van der Waals surface area contributed by atoms with Gasteiger partial charge in [-0.1, -0.05) is 17.7 Å². The molecule has 2 rings (SSSR count). The van der Waals surface area contributed by atoms with Crippen molar-refractivity contribution in [3.8, 4) is 5.75 Å². The van der Waals surface area contributed by atoms with Crippen LogP contribution in [0.2, 0.25) is 5.02 Å². The number of likely N-dealkylation sites (N-methyl/N-ethyl adjacent to an activating group) is 1. The SMILES string of the molecule is COc1ccc(CC2CNCCN2C)c(Cl)c1. The van der Waals surface area contributed by atoms with E-state index in [-0.39, 0.29) is 0 Å². The Morgan fingerprint density at radius 1 is 1.53 bits per heavy atom. The van der Waals surface area contributed by atoms with Crippen molar-refractivity contribution in [3.63, 3.8) is 0 Å². The molecule has 1 fully saturated rings. The third kappa shape index (κ3) is 3.12. The lowest BCUT2D eigenvalue weighted by Crippen LogP contribution is -2.50. The van der Waals surface area contributed by atoms with Gasteiger partial charge >= 0.3 is 0 Å². The Balaban J connectivity index is 2.07. The van der Waals surface area contributed by atoms with Crippen molar-refractivity contribution in [1.29, 1.82) is 0 Å². The van der Waals surface area contributed by atoms with E-state index < -0.39 is 0 Å². The second-order valence-corrected chi connectivity index (χ2v) is 4.91. The number of piperazine rings is 1. The Kier molecular flexibility index (Phi) is 4.26. The van der Waals surface area contributed by atoms with E-state index in [0.29, 0.717) is 6.04 Å². The highest BCUT2D eigenvalue weighted by molar-refractivity contribution is 6.31. The van der Waals surface area contributed by atoms with Crippen molar-refractivity contribution in [3.05, 3.63) is 28.8 Å². The number of hydrogen-bond donors (Lipinski definition) is 1. The number of hydrogen-bond acceptors (Lipinski definition) is 3. The first-order chi connectivity index (χ1) is 8.20. The molecule has 4 heteroatoms. The topological polar surface area (TPSA) is 24.5 Å². The first-order valence-corrected chi connectivity index (χ1v) is 6.32. The minimum absolute atomic E-state index is 0.523. The highest BCUT2D eigenvalue weighted by atomic mass is 35.5. The molecule has 1 saturated heterocycles. The van der Waals surface area contributed by atoms with Crippen LogP contribution < -0.4 is 10.1 Å². The third-order valence-corrected chi connectivity index (χ3v) is 3.71. The summed E-state index contributed by atoms with van der Waals surface area (Å²) in [4.78, 5) is 2.39. The summed E-state index contributed by atoms with van der Waals surface area (Å²) in [5, 5.41) is 4.21. The number of methoxy groups -OCH3 is 1. The lowest BCUT2D eigenvalue weighted by Gasteiger charge is -2.33. The van der Waals surface area contributed by atoms with Crippen LogP contribution in [0.25, 0.3) is 0 Å². The smallest absolute Gasteiger partial charge is 0.120 e. The Bertz CT molecular complexity index is 384. The predicted molar refractivity (Wildman–Crippen MR) is 71.0 cm³/mol. The summed E-state index contributed by atoms with van der Waals surface area (Å²) in [5.74, 6) is 0.814. The lowest BCUT2D eigenvalue weighted by atomic mass is 10.0. The van der Waals surface area contributed by atoms with E-state index in [1.807, 2.05) is 12.1 Å². The number of nitrogens with zero attached hydrogens (tertiary/aromatic N) is 1. The van der Waals surface area contributed by atoms with Crippen LogP contribution in [-0.2, 0) is 6.42 Å². The summed E-state index contributed by atoms with van der Waals surface area (Å²) >= 11 is 6.26. The zero-order valence-electron chi connectivity index (χ0n) is 10.4. The fraction of sp³-hybridized carbons (Fsp3) is 0.538. The Morgan fingerprint density at radius 3 is 3.00 bits per heavy atom. The van der Waals surface area contributed by atoms with E-state index in [1.54, 1.807) is 7.11 Å². The summed E-state index contributed by atoms with van der Waals surface area (Å²) in [6.07, 6.45) is 0.978. The zero-order valence-corrected chi connectivity index (χ0v) is 11.1. The molecule has 0 amide bonds. The van der Waals surface area contributed by atoms with Crippen molar-refractivity contribution >= 4 is 11.6 Å². The molecule has 1 heterocycles. The Labute approximate surface area is 108 Å². The molecule has 17 heavy (non-hydrogen) atoms. The van der Waals surface area contributed by atoms with E-state index >= 15 is 0 Å². The predicted octanol–water partition coefficient (Wildman–Crippen LogP) is 1.79. The maximum absolute atomic E-state index is 6.26. The highest BCUT2D eigenvalue weighted by Gasteiger charge is 2.19. The average molecular weight is 255 g/mol. The van der Waals surface area contributed by atoms with Crippen LogP contribution in [0.1, 0.15) is 5.56 Å². The standard InChI is InChI=1S/C13H19ClN2O/c1-16-6-5-15-9-11(16)7-10-3-4-12(17-2)8-13(10)14/h3-4,8,11,15H,5-7,9H2,1-2H3. The van der Waals surface area contributed by atoms with Gasteiger partial charge in [0, 0.05) is 30.7 Å². The van der Waals surface area contributed by atoms with Gasteiger partial charge in [-0.2, -0.15) is 0 Å². The molecule has 3 nitrogen and oxygen atoms in total. The first kappa shape index (κ1) is 12.7. The summed E-state index contributed by atoms with van der Waals surface area (Å²) < 4.78 is 5.15. The zero-order chi connectivity index (χ0) is 12.3. The Morgan fingerprint density at radius 2 is 2.35 bits per heavy atom. The van der Waals surface area contributed by atoms with Crippen molar-refractivity contribution in [1.82, 2.24) is 10.2 Å². The van der Waals surface area contributed by atoms with Gasteiger partial charge in [-0.15, -0.1) is 0 Å². The number of rotatable bonds is 3. The molecular weight excluding hydrogens is 236 g/mol. The second-order valence-electron chi connectivity index (χ2n) is 4.50. The quantitative estimate of drug-likeness (QED) is 0.890. The molecule has 1 aromatic carbocycles. The minimum atomic E-state index is 0.523. The monoisotopic (exact) mass is 254 g/mol. The van der Waals surface area contributed by atoms with Gasteiger partial charge in [-0.25, -0.2) is 0 Å². The fourth-order valence-corrected chi connectivity index (χ4v) is 2.41. The van der Waals surface area contributed by atoms with Crippen LogP contribution in [0.3, 0.4) is 0 Å². The van der Waals surface area contributed by atoms with Crippen molar-refractivity contribution in [2.75, 3.05) is 33.8 Å². The van der Waals surface area contributed by atoms with Crippen LogP contribution in [0, 0.1) is 0 Å². The normalized spacial score (nSPS) is 21.5. The van der Waals surface area contributed by atoms with E-state index in [0.717, 1.165) is 36.8 Å². The number of ether oxygens (including phenoxy) is 1. The molecule has 1 aromatic rings. The first-order valence-electron chi connectivity index (χ1n) is 5.94. The maximum Gasteiger partial charge on any atom is 0.120 e. The van der Waals surface area contributed by atoms with Crippen LogP contribution in [-0.4, -0.2) is 44.7 Å². The van der Waals surface area contributed by atoms with Gasteiger partial charge in [0.15, 0.2) is 0 Å². The second kappa shape index (κ2) is 5.71.